The maximum atomic E-state index is 6.91. The molecule has 2 aromatic carbocycles. The highest BCUT2D eigenvalue weighted by atomic mass is 31.1. The Balaban J connectivity index is 2.82. The monoisotopic (exact) mass is 398 g/mol. The Bertz CT molecular complexity index is 769. The van der Waals surface area contributed by atoms with E-state index in [4.69, 9.17) is 4.52 Å². The smallest absolute Gasteiger partial charge is 0.134 e. The van der Waals surface area contributed by atoms with Gasteiger partial charge in [0, 0.05) is 22.4 Å². The van der Waals surface area contributed by atoms with Gasteiger partial charge in [-0.1, -0.05) is 106 Å². The minimum absolute atomic E-state index is 0.00901. The first-order valence-corrected chi connectivity index (χ1v) is 11.9. The second-order valence-corrected chi connectivity index (χ2v) is 13.4. The van der Waals surface area contributed by atoms with Crippen LogP contribution in [-0.4, -0.2) is 11.3 Å². The molecule has 154 valence electrons. The minimum atomic E-state index is -0.563. The van der Waals surface area contributed by atoms with Crippen molar-refractivity contribution in [1.29, 1.82) is 0 Å². The zero-order valence-corrected chi connectivity index (χ0v) is 20.4. The zero-order valence-electron chi connectivity index (χ0n) is 19.6. The van der Waals surface area contributed by atoms with Crippen LogP contribution in [0.5, 0.6) is 5.75 Å². The molecular weight excluding hydrogens is 359 g/mol. The Hall–Kier alpha value is -1.33. The van der Waals surface area contributed by atoms with Crippen LogP contribution in [-0.2, 0) is 10.8 Å². The topological polar surface area (TPSA) is 9.23 Å². The molecule has 2 heteroatoms. The summed E-state index contributed by atoms with van der Waals surface area (Å²) in [5.41, 5.74) is 6.28. The SMILES string of the molecule is CC(C)P(Oc1c(-c2ccccc2)cc(C(C)(C)C)cc1C(C)(C)C)C(C)C. The van der Waals surface area contributed by atoms with Gasteiger partial charge >= 0.3 is 0 Å². The standard InChI is InChI=1S/C26H39OP/c1-18(2)28(19(3)4)27-24-22(20-14-12-11-13-15-20)16-21(25(5,6)7)17-23(24)26(8,9)10/h11-19H,1-10H3. The third-order valence-corrected chi connectivity index (χ3v) is 7.49. The first kappa shape index (κ1) is 23.0. The normalized spacial score (nSPS) is 12.9. The molecule has 0 radical (unpaired) electrons. The van der Waals surface area contributed by atoms with Crippen molar-refractivity contribution in [3.05, 3.63) is 53.6 Å². The molecule has 0 bridgehead atoms. The second-order valence-electron chi connectivity index (χ2n) is 10.4. The summed E-state index contributed by atoms with van der Waals surface area (Å²) in [6.45, 7) is 22.9. The number of benzene rings is 2. The first-order chi connectivity index (χ1) is 12.8. The molecule has 1 nitrogen and oxygen atoms in total. The average Bonchev–Trinajstić information content (AvgIpc) is 2.57. The van der Waals surface area contributed by atoms with E-state index in [-0.39, 0.29) is 10.8 Å². The predicted molar refractivity (Wildman–Crippen MR) is 127 cm³/mol. The van der Waals surface area contributed by atoms with Crippen molar-refractivity contribution in [2.24, 2.45) is 0 Å². The third kappa shape index (κ3) is 5.38. The molecule has 0 spiro atoms. The summed E-state index contributed by atoms with van der Waals surface area (Å²) in [5, 5.41) is 0. The maximum absolute atomic E-state index is 6.91. The molecular formula is C26H39OP. The Morgan fingerprint density at radius 3 is 1.71 bits per heavy atom. The Morgan fingerprint density at radius 1 is 0.750 bits per heavy atom. The van der Waals surface area contributed by atoms with E-state index in [1.807, 2.05) is 0 Å². The fourth-order valence-corrected chi connectivity index (χ4v) is 5.48. The van der Waals surface area contributed by atoms with Gasteiger partial charge in [-0.2, -0.15) is 0 Å². The summed E-state index contributed by atoms with van der Waals surface area (Å²) in [6, 6.07) is 15.5. The lowest BCUT2D eigenvalue weighted by Crippen LogP contribution is -2.19. The van der Waals surface area contributed by atoms with E-state index < -0.39 is 8.15 Å². The highest BCUT2D eigenvalue weighted by molar-refractivity contribution is 7.54. The quantitative estimate of drug-likeness (QED) is 0.458. The van der Waals surface area contributed by atoms with E-state index in [9.17, 15) is 0 Å². The van der Waals surface area contributed by atoms with Crippen LogP contribution in [0.3, 0.4) is 0 Å². The van der Waals surface area contributed by atoms with Crippen molar-refractivity contribution < 1.29 is 4.52 Å². The van der Waals surface area contributed by atoms with E-state index in [2.05, 4.69) is 112 Å². The van der Waals surface area contributed by atoms with E-state index >= 15 is 0 Å². The van der Waals surface area contributed by atoms with Crippen LogP contribution in [0.4, 0.5) is 0 Å². The molecule has 0 fully saturated rings. The molecule has 0 atom stereocenters. The van der Waals surface area contributed by atoms with Crippen LogP contribution < -0.4 is 4.52 Å². The van der Waals surface area contributed by atoms with Gasteiger partial charge in [0.15, 0.2) is 0 Å². The number of rotatable bonds is 5. The van der Waals surface area contributed by atoms with Crippen molar-refractivity contribution in [3.63, 3.8) is 0 Å². The van der Waals surface area contributed by atoms with Gasteiger partial charge in [0.2, 0.25) is 0 Å². The Labute approximate surface area is 174 Å². The van der Waals surface area contributed by atoms with Gasteiger partial charge in [-0.25, -0.2) is 0 Å². The number of hydrogen-bond acceptors (Lipinski definition) is 1. The molecule has 0 aliphatic heterocycles. The fourth-order valence-electron chi connectivity index (χ4n) is 3.46. The van der Waals surface area contributed by atoms with Crippen LogP contribution in [0.2, 0.25) is 0 Å². The van der Waals surface area contributed by atoms with E-state index in [1.54, 1.807) is 0 Å². The fraction of sp³-hybridized carbons (Fsp3) is 0.538. The van der Waals surface area contributed by atoms with Crippen LogP contribution >= 0.6 is 8.15 Å². The zero-order chi connectivity index (χ0) is 21.3. The van der Waals surface area contributed by atoms with Gasteiger partial charge in [-0.05, 0) is 28.0 Å². The molecule has 28 heavy (non-hydrogen) atoms. The first-order valence-electron chi connectivity index (χ1n) is 10.5. The molecule has 0 aromatic heterocycles. The molecule has 2 rings (SSSR count). The van der Waals surface area contributed by atoms with Gasteiger partial charge < -0.3 is 4.52 Å². The van der Waals surface area contributed by atoms with Crippen LogP contribution in [0.15, 0.2) is 42.5 Å². The predicted octanol–water partition coefficient (Wildman–Crippen LogP) is 8.54. The lowest BCUT2D eigenvalue weighted by atomic mass is 9.78. The molecule has 0 aliphatic carbocycles. The molecule has 0 heterocycles. The highest BCUT2D eigenvalue weighted by Crippen LogP contribution is 2.52. The van der Waals surface area contributed by atoms with Crippen molar-refractivity contribution in [3.8, 4) is 16.9 Å². The Morgan fingerprint density at radius 2 is 1.29 bits per heavy atom. The molecule has 0 aliphatic rings. The molecule has 0 unspecified atom stereocenters. The van der Waals surface area contributed by atoms with Gasteiger partial charge in [-0.15, -0.1) is 0 Å². The lowest BCUT2D eigenvalue weighted by molar-refractivity contribution is 0.523. The van der Waals surface area contributed by atoms with Gasteiger partial charge in [0.1, 0.15) is 5.75 Å². The molecule has 0 saturated heterocycles. The van der Waals surface area contributed by atoms with E-state index in [0.717, 1.165) is 5.75 Å². The third-order valence-electron chi connectivity index (χ3n) is 5.06. The number of hydrogen-bond donors (Lipinski definition) is 0. The lowest BCUT2D eigenvalue weighted by Gasteiger charge is -2.33. The molecule has 0 N–H and O–H groups in total. The van der Waals surface area contributed by atoms with Crippen LogP contribution in [0.25, 0.3) is 11.1 Å². The molecule has 0 saturated carbocycles. The summed E-state index contributed by atoms with van der Waals surface area (Å²) >= 11 is 0. The van der Waals surface area contributed by atoms with Crippen molar-refractivity contribution >= 4 is 8.15 Å². The molecule has 0 amide bonds. The highest BCUT2D eigenvalue weighted by Gasteiger charge is 2.29. The van der Waals surface area contributed by atoms with E-state index in [1.165, 1.54) is 22.3 Å². The summed E-state index contributed by atoms with van der Waals surface area (Å²) in [5.74, 6) is 1.08. The van der Waals surface area contributed by atoms with Gasteiger partial charge in [-0.3, -0.25) is 0 Å². The van der Waals surface area contributed by atoms with Crippen molar-refractivity contribution in [2.45, 2.75) is 91.4 Å². The van der Waals surface area contributed by atoms with Crippen molar-refractivity contribution in [1.82, 2.24) is 0 Å². The van der Waals surface area contributed by atoms with Crippen LogP contribution in [0.1, 0.15) is 80.4 Å². The second kappa shape index (κ2) is 8.58. The largest absolute Gasteiger partial charge is 0.473 e. The maximum Gasteiger partial charge on any atom is 0.134 e. The Kier molecular flexibility index (Phi) is 7.03. The summed E-state index contributed by atoms with van der Waals surface area (Å²) < 4.78 is 6.91. The minimum Gasteiger partial charge on any atom is -0.473 e. The van der Waals surface area contributed by atoms with Crippen LogP contribution in [0, 0.1) is 0 Å². The van der Waals surface area contributed by atoms with Gasteiger partial charge in [0.05, 0.1) is 8.15 Å². The summed E-state index contributed by atoms with van der Waals surface area (Å²) in [6.07, 6.45) is 0. The van der Waals surface area contributed by atoms with Gasteiger partial charge in [0.25, 0.3) is 0 Å². The summed E-state index contributed by atoms with van der Waals surface area (Å²) in [7, 11) is -0.563. The molecule has 2 aromatic rings. The average molecular weight is 399 g/mol. The summed E-state index contributed by atoms with van der Waals surface area (Å²) in [4.78, 5) is 0. The van der Waals surface area contributed by atoms with Crippen molar-refractivity contribution in [2.75, 3.05) is 0 Å². The van der Waals surface area contributed by atoms with E-state index in [0.29, 0.717) is 11.3 Å².